The lowest BCUT2D eigenvalue weighted by molar-refractivity contribution is -0.137. The van der Waals surface area contributed by atoms with Crippen LogP contribution in [0, 0.1) is 5.92 Å². The number of carbonyl (C=O) groups excluding carboxylic acids is 5. The van der Waals surface area contributed by atoms with E-state index >= 15 is 0 Å². The third-order valence-electron chi connectivity index (χ3n) is 6.87. The summed E-state index contributed by atoms with van der Waals surface area (Å²) in [5.74, 6) is -2.93. The molecule has 9 N–H and O–H groups in total. The molecule has 1 aromatic rings. The average Bonchev–Trinajstić information content (AvgIpc) is 2.93. The summed E-state index contributed by atoms with van der Waals surface area (Å²) < 4.78 is 0. The molecule has 2 rings (SSSR count). The molecule has 0 bridgehead atoms. The van der Waals surface area contributed by atoms with Crippen molar-refractivity contribution in [1.29, 1.82) is 0 Å². The van der Waals surface area contributed by atoms with Gasteiger partial charge in [-0.15, -0.1) is 0 Å². The van der Waals surface area contributed by atoms with Gasteiger partial charge in [0.05, 0.1) is 0 Å². The van der Waals surface area contributed by atoms with Gasteiger partial charge in [-0.3, -0.25) is 29.0 Å². The van der Waals surface area contributed by atoms with E-state index in [0.29, 0.717) is 18.4 Å². The summed E-state index contributed by atoms with van der Waals surface area (Å²) in [4.78, 5) is 70.1. The van der Waals surface area contributed by atoms with Gasteiger partial charge >= 0.3 is 0 Å². The van der Waals surface area contributed by atoms with Crippen LogP contribution in [0.15, 0.2) is 35.3 Å². The van der Waals surface area contributed by atoms with Crippen LogP contribution in [0.3, 0.4) is 0 Å². The van der Waals surface area contributed by atoms with E-state index in [-0.39, 0.29) is 50.1 Å². The van der Waals surface area contributed by atoms with E-state index < -0.39 is 47.3 Å². The largest absolute Gasteiger partial charge is 0.370 e. The first kappa shape index (κ1) is 33.0. The van der Waals surface area contributed by atoms with Crippen LogP contribution in [0.25, 0.3) is 0 Å². The summed E-state index contributed by atoms with van der Waals surface area (Å²) in [7, 11) is 0. The first-order chi connectivity index (χ1) is 19.4. The third kappa shape index (κ3) is 10.1. The van der Waals surface area contributed by atoms with E-state index in [4.69, 9.17) is 11.5 Å². The molecular formula is C28H44N8O5. The Morgan fingerprint density at radius 3 is 2.29 bits per heavy atom. The predicted molar refractivity (Wildman–Crippen MR) is 155 cm³/mol. The highest BCUT2D eigenvalue weighted by atomic mass is 16.2. The number of benzene rings is 1. The summed E-state index contributed by atoms with van der Waals surface area (Å²) in [5.41, 5.74) is 10.0. The number of nitrogens with two attached hydrogens (primary N) is 2. The normalized spacial score (nSPS) is 24.6. The molecule has 0 saturated carbocycles. The number of hydrogen-bond acceptors (Lipinski definition) is 6. The van der Waals surface area contributed by atoms with Crippen LogP contribution in [0.1, 0.15) is 71.4 Å². The molecule has 0 aromatic heterocycles. The van der Waals surface area contributed by atoms with Crippen LogP contribution in [-0.4, -0.2) is 66.2 Å². The van der Waals surface area contributed by atoms with Crippen molar-refractivity contribution < 1.29 is 24.0 Å². The summed E-state index contributed by atoms with van der Waals surface area (Å²) >= 11 is 0. The number of carbonyl (C=O) groups is 5. The maximum Gasteiger partial charge on any atom is 0.247 e. The Hall–Kier alpha value is -4.16. The monoisotopic (exact) mass is 572 g/mol. The van der Waals surface area contributed by atoms with Gasteiger partial charge in [-0.05, 0) is 44.6 Å². The maximum atomic E-state index is 13.6. The summed E-state index contributed by atoms with van der Waals surface area (Å²) in [6.07, 6.45) is 1.29. The Kier molecular flexibility index (Phi) is 12.6. The van der Waals surface area contributed by atoms with E-state index in [1.54, 1.807) is 58.0 Å². The van der Waals surface area contributed by atoms with Crippen LogP contribution in [0.2, 0.25) is 0 Å². The summed E-state index contributed by atoms with van der Waals surface area (Å²) in [5, 5.41) is 13.9. The second kappa shape index (κ2) is 15.6. The van der Waals surface area contributed by atoms with Crippen molar-refractivity contribution in [3.8, 4) is 0 Å². The van der Waals surface area contributed by atoms with Crippen molar-refractivity contribution >= 4 is 35.5 Å². The highest BCUT2D eigenvalue weighted by Gasteiger charge is 2.38. The summed E-state index contributed by atoms with van der Waals surface area (Å²) in [6.45, 7) is 7.15. The van der Waals surface area contributed by atoms with Crippen LogP contribution in [0.5, 0.6) is 0 Å². The Morgan fingerprint density at radius 1 is 1.02 bits per heavy atom. The first-order valence-electron chi connectivity index (χ1n) is 14.0. The van der Waals surface area contributed by atoms with Gasteiger partial charge in [-0.1, -0.05) is 51.1 Å². The lowest BCUT2D eigenvalue weighted by atomic mass is 9.92. The molecule has 4 unspecified atom stereocenters. The molecule has 13 heteroatoms. The number of amides is 5. The minimum atomic E-state index is -1.37. The van der Waals surface area contributed by atoms with Crippen molar-refractivity contribution in [2.75, 3.05) is 13.1 Å². The molecule has 13 nitrogen and oxygen atoms in total. The van der Waals surface area contributed by atoms with E-state index in [9.17, 15) is 24.0 Å². The van der Waals surface area contributed by atoms with Gasteiger partial charge in [-0.2, -0.15) is 0 Å². The highest BCUT2D eigenvalue weighted by molar-refractivity contribution is 5.97. The van der Waals surface area contributed by atoms with E-state index in [0.717, 1.165) is 0 Å². The quantitative estimate of drug-likeness (QED) is 0.126. The van der Waals surface area contributed by atoms with Gasteiger partial charge in [0.25, 0.3) is 0 Å². The van der Waals surface area contributed by atoms with Crippen LogP contribution in [0.4, 0.5) is 0 Å². The van der Waals surface area contributed by atoms with E-state index in [1.807, 2.05) is 0 Å². The SMILES string of the molecule is CCC1NC(=O)C(CCCN=C(N)N)NC(=O)C(C)(NC(=O)C(C)C)CCCNC(=O)C(c2ccccc2)NC1=O. The first-order valence-corrected chi connectivity index (χ1v) is 14.0. The van der Waals surface area contributed by atoms with Gasteiger partial charge < -0.3 is 38.1 Å². The number of nitrogens with zero attached hydrogens (tertiary/aromatic N) is 1. The molecule has 1 fully saturated rings. The number of aliphatic imine (C=N–C) groups is 1. The lowest BCUT2D eigenvalue weighted by Gasteiger charge is -2.32. The zero-order chi connectivity index (χ0) is 30.6. The minimum absolute atomic E-state index is 0.0941. The van der Waals surface area contributed by atoms with Crippen molar-refractivity contribution in [2.24, 2.45) is 22.4 Å². The van der Waals surface area contributed by atoms with Crippen molar-refractivity contribution in [1.82, 2.24) is 26.6 Å². The van der Waals surface area contributed by atoms with E-state index in [1.165, 1.54) is 0 Å². The fourth-order valence-corrected chi connectivity index (χ4v) is 4.31. The van der Waals surface area contributed by atoms with Gasteiger partial charge in [0.2, 0.25) is 29.5 Å². The molecule has 4 atom stereocenters. The van der Waals surface area contributed by atoms with Crippen LogP contribution >= 0.6 is 0 Å². The number of rotatable bonds is 8. The molecule has 5 amide bonds. The number of hydrogen-bond donors (Lipinski definition) is 7. The molecule has 1 saturated heterocycles. The van der Waals surface area contributed by atoms with Crippen molar-refractivity contribution in [3.63, 3.8) is 0 Å². The molecule has 0 spiro atoms. The molecule has 1 heterocycles. The van der Waals surface area contributed by atoms with E-state index in [2.05, 4.69) is 31.6 Å². The fourth-order valence-electron chi connectivity index (χ4n) is 4.31. The Balaban J connectivity index is 2.44. The molecule has 0 aliphatic carbocycles. The molecule has 0 radical (unpaired) electrons. The molecular weight excluding hydrogens is 528 g/mol. The molecule has 41 heavy (non-hydrogen) atoms. The van der Waals surface area contributed by atoms with Gasteiger partial charge in [0, 0.05) is 19.0 Å². The summed E-state index contributed by atoms with van der Waals surface area (Å²) in [6, 6.07) is 5.76. The zero-order valence-electron chi connectivity index (χ0n) is 24.3. The maximum absolute atomic E-state index is 13.6. The third-order valence-corrected chi connectivity index (χ3v) is 6.87. The second-order valence-electron chi connectivity index (χ2n) is 10.7. The second-order valence-corrected chi connectivity index (χ2v) is 10.7. The highest BCUT2D eigenvalue weighted by Crippen LogP contribution is 2.17. The van der Waals surface area contributed by atoms with Gasteiger partial charge in [0.15, 0.2) is 5.96 Å². The average molecular weight is 573 g/mol. The molecule has 1 aliphatic heterocycles. The Labute approximate surface area is 241 Å². The molecule has 1 aliphatic rings. The lowest BCUT2D eigenvalue weighted by Crippen LogP contribution is -2.61. The minimum Gasteiger partial charge on any atom is -0.370 e. The van der Waals surface area contributed by atoms with Crippen molar-refractivity contribution in [2.45, 2.75) is 83.5 Å². The zero-order valence-corrected chi connectivity index (χ0v) is 24.3. The smallest absolute Gasteiger partial charge is 0.247 e. The molecule has 226 valence electrons. The molecule has 1 aromatic carbocycles. The Bertz CT molecular complexity index is 1110. The standard InChI is InChI=1S/C28H44N8O5/c1-5-19-23(38)35-21(18-11-7-6-8-12-18)25(40)31-16-10-14-28(4,36-22(37)17(2)3)26(41)34-20(24(39)33-19)13-9-15-32-27(29)30/h6-8,11-12,17,19-21H,5,9-10,13-16H2,1-4H3,(H,31,40)(H,33,39)(H,34,41)(H,35,38)(H,36,37)(H4,29,30,32). The Morgan fingerprint density at radius 2 is 1.68 bits per heavy atom. The van der Waals surface area contributed by atoms with Gasteiger partial charge in [-0.25, -0.2) is 0 Å². The predicted octanol–water partition coefficient (Wildman–Crippen LogP) is -0.282. The van der Waals surface area contributed by atoms with Crippen LogP contribution < -0.4 is 38.1 Å². The van der Waals surface area contributed by atoms with Crippen molar-refractivity contribution in [3.05, 3.63) is 35.9 Å². The number of guanidine groups is 1. The van der Waals surface area contributed by atoms with Gasteiger partial charge in [0.1, 0.15) is 23.7 Å². The van der Waals surface area contributed by atoms with Crippen LogP contribution in [-0.2, 0) is 24.0 Å². The fraction of sp³-hybridized carbons (Fsp3) is 0.571. The number of nitrogens with one attached hydrogen (secondary N) is 5. The topological polar surface area (TPSA) is 210 Å².